The number of nitrogens with one attached hydrogen (secondary N) is 1. The highest BCUT2D eigenvalue weighted by atomic mass is 16.5. The quantitative estimate of drug-likeness (QED) is 0.543. The lowest BCUT2D eigenvalue weighted by Crippen LogP contribution is -2.28. The predicted molar refractivity (Wildman–Crippen MR) is 108 cm³/mol. The minimum atomic E-state index is -0.839. The summed E-state index contributed by atoms with van der Waals surface area (Å²) in [5.41, 5.74) is 1.65. The van der Waals surface area contributed by atoms with Gasteiger partial charge in [0.2, 0.25) is 0 Å². The maximum atomic E-state index is 13.1. The number of methoxy groups -OCH3 is 1. The summed E-state index contributed by atoms with van der Waals surface area (Å²) in [7, 11) is 1.54. The summed E-state index contributed by atoms with van der Waals surface area (Å²) in [4.78, 5) is 17.5. The van der Waals surface area contributed by atoms with Crippen molar-refractivity contribution in [1.82, 2.24) is 10.3 Å². The normalized spacial score (nSPS) is 11.7. The molecule has 0 spiro atoms. The van der Waals surface area contributed by atoms with E-state index in [1.165, 1.54) is 7.11 Å². The van der Waals surface area contributed by atoms with Crippen LogP contribution in [0.3, 0.4) is 0 Å². The molecule has 4 aromatic rings. The Hall–Kier alpha value is -3.91. The number of carbonyl (C=O) groups is 1. The minimum absolute atomic E-state index is 0.355. The molecule has 0 aliphatic rings. The van der Waals surface area contributed by atoms with Crippen molar-refractivity contribution >= 4 is 27.6 Å². The molecule has 3 aromatic carbocycles. The number of nitrogens with zero attached hydrogens (tertiary/aromatic N) is 2. The van der Waals surface area contributed by atoms with Gasteiger partial charge < -0.3 is 10.1 Å². The summed E-state index contributed by atoms with van der Waals surface area (Å²) in [5, 5.41) is 15.3. The van der Waals surface area contributed by atoms with Gasteiger partial charge in [0.1, 0.15) is 11.8 Å². The molecule has 0 fully saturated rings. The molecule has 0 saturated carbocycles. The van der Waals surface area contributed by atoms with Crippen LogP contribution in [0, 0.1) is 11.3 Å². The van der Waals surface area contributed by atoms with Crippen molar-refractivity contribution < 1.29 is 9.53 Å². The molecule has 1 N–H and O–H groups in total. The van der Waals surface area contributed by atoms with Crippen molar-refractivity contribution in [3.8, 4) is 11.8 Å². The monoisotopic (exact) mass is 367 g/mol. The first-order valence-electron chi connectivity index (χ1n) is 8.83. The molecule has 0 radical (unpaired) electrons. The number of fused-ring (bicyclic) bond motifs is 3. The number of hydrogen-bond donors (Lipinski definition) is 1. The average molecular weight is 367 g/mol. The fourth-order valence-corrected chi connectivity index (χ4v) is 3.40. The van der Waals surface area contributed by atoms with Crippen molar-refractivity contribution in [1.29, 1.82) is 5.26 Å². The maximum absolute atomic E-state index is 13.1. The van der Waals surface area contributed by atoms with Crippen LogP contribution in [0.1, 0.15) is 22.0 Å². The third kappa shape index (κ3) is 3.01. The van der Waals surface area contributed by atoms with Crippen LogP contribution in [-0.2, 0) is 0 Å². The molecule has 28 heavy (non-hydrogen) atoms. The first kappa shape index (κ1) is 17.5. The van der Waals surface area contributed by atoms with Gasteiger partial charge in [-0.3, -0.25) is 9.78 Å². The van der Waals surface area contributed by atoms with E-state index >= 15 is 0 Å². The van der Waals surface area contributed by atoms with Gasteiger partial charge in [-0.25, -0.2) is 0 Å². The molecular weight excluding hydrogens is 350 g/mol. The van der Waals surface area contributed by atoms with Crippen LogP contribution in [0.15, 0.2) is 72.9 Å². The molecule has 1 heterocycles. The highest BCUT2D eigenvalue weighted by Crippen LogP contribution is 2.29. The number of aromatic nitrogens is 1. The smallest absolute Gasteiger partial charge is 0.254 e. The lowest BCUT2D eigenvalue weighted by atomic mass is 9.99. The summed E-state index contributed by atoms with van der Waals surface area (Å²) < 4.78 is 5.33. The number of amides is 1. The van der Waals surface area contributed by atoms with Crippen LogP contribution in [0.5, 0.6) is 5.75 Å². The van der Waals surface area contributed by atoms with Crippen LogP contribution < -0.4 is 10.1 Å². The van der Waals surface area contributed by atoms with Crippen LogP contribution in [-0.4, -0.2) is 18.0 Å². The van der Waals surface area contributed by atoms with Gasteiger partial charge in [-0.1, -0.05) is 48.5 Å². The van der Waals surface area contributed by atoms with E-state index < -0.39 is 6.04 Å². The zero-order valence-corrected chi connectivity index (χ0v) is 15.2. The Kier molecular flexibility index (Phi) is 4.61. The number of hydrogen-bond acceptors (Lipinski definition) is 4. The Morgan fingerprint density at radius 2 is 1.82 bits per heavy atom. The van der Waals surface area contributed by atoms with Crippen LogP contribution in [0.4, 0.5) is 0 Å². The molecule has 4 rings (SSSR count). The summed E-state index contributed by atoms with van der Waals surface area (Å²) in [6.45, 7) is 0. The summed E-state index contributed by atoms with van der Waals surface area (Å²) in [6, 6.07) is 21.9. The molecule has 0 aliphatic heterocycles. The van der Waals surface area contributed by atoms with Gasteiger partial charge in [0.05, 0.1) is 24.3 Å². The molecule has 0 saturated heterocycles. The zero-order chi connectivity index (χ0) is 19.5. The highest BCUT2D eigenvalue weighted by molar-refractivity contribution is 6.15. The van der Waals surface area contributed by atoms with Crippen LogP contribution in [0.2, 0.25) is 0 Å². The van der Waals surface area contributed by atoms with Crippen LogP contribution in [0.25, 0.3) is 21.7 Å². The topological polar surface area (TPSA) is 75.0 Å². The average Bonchev–Trinajstić information content (AvgIpc) is 2.76. The van der Waals surface area contributed by atoms with Crippen molar-refractivity contribution in [2.75, 3.05) is 7.11 Å². The van der Waals surface area contributed by atoms with E-state index in [0.29, 0.717) is 22.4 Å². The fraction of sp³-hybridized carbons (Fsp3) is 0.0870. The third-order valence-electron chi connectivity index (χ3n) is 4.71. The SMILES string of the molecule is COc1ccccc1[C@@H](C#N)NC(=O)c1cc2ccccc2c2cccnc12. The van der Waals surface area contributed by atoms with Gasteiger partial charge in [0, 0.05) is 17.1 Å². The van der Waals surface area contributed by atoms with E-state index in [2.05, 4.69) is 16.4 Å². The molecule has 0 aliphatic carbocycles. The van der Waals surface area contributed by atoms with Gasteiger partial charge in [-0.05, 0) is 29.0 Å². The summed E-state index contributed by atoms with van der Waals surface area (Å²) >= 11 is 0. The van der Waals surface area contributed by atoms with E-state index in [1.54, 1.807) is 24.4 Å². The number of carbonyl (C=O) groups excluding carboxylic acids is 1. The second kappa shape index (κ2) is 7.37. The molecule has 5 heteroatoms. The lowest BCUT2D eigenvalue weighted by molar-refractivity contribution is 0.0946. The van der Waals surface area contributed by atoms with Crippen molar-refractivity contribution in [2.45, 2.75) is 6.04 Å². The van der Waals surface area contributed by atoms with E-state index in [4.69, 9.17) is 4.74 Å². The largest absolute Gasteiger partial charge is 0.496 e. The highest BCUT2D eigenvalue weighted by Gasteiger charge is 2.21. The number of rotatable bonds is 4. The van der Waals surface area contributed by atoms with Gasteiger partial charge >= 0.3 is 0 Å². The van der Waals surface area contributed by atoms with Gasteiger partial charge in [-0.15, -0.1) is 0 Å². The molecule has 1 amide bonds. The second-order valence-corrected chi connectivity index (χ2v) is 6.32. The van der Waals surface area contributed by atoms with E-state index in [1.807, 2.05) is 48.5 Å². The standard InChI is InChI=1S/C23H17N3O2/c1-28-21-11-5-4-9-18(21)20(14-24)26-23(27)19-13-15-7-2-3-8-16(15)17-10-6-12-25-22(17)19/h2-13,20H,1H3,(H,26,27)/t20-/m1/s1. The second-order valence-electron chi connectivity index (χ2n) is 6.32. The first-order valence-corrected chi connectivity index (χ1v) is 8.83. The van der Waals surface area contributed by atoms with Gasteiger partial charge in [-0.2, -0.15) is 5.26 Å². The zero-order valence-electron chi connectivity index (χ0n) is 15.2. The van der Waals surface area contributed by atoms with E-state index in [-0.39, 0.29) is 5.91 Å². The molecule has 1 aromatic heterocycles. The van der Waals surface area contributed by atoms with Gasteiger partial charge in [0.25, 0.3) is 5.91 Å². The number of pyridine rings is 1. The van der Waals surface area contributed by atoms with Crippen molar-refractivity contribution in [3.05, 3.63) is 84.1 Å². The van der Waals surface area contributed by atoms with Gasteiger partial charge in [0.15, 0.2) is 0 Å². The number of ether oxygens (including phenoxy) is 1. The molecular formula is C23H17N3O2. The summed E-state index contributed by atoms with van der Waals surface area (Å²) in [5.74, 6) is 0.197. The Bertz CT molecular complexity index is 1230. The van der Waals surface area contributed by atoms with E-state index in [0.717, 1.165) is 16.2 Å². The predicted octanol–water partition coefficient (Wildman–Crippen LogP) is 4.39. The van der Waals surface area contributed by atoms with Crippen molar-refractivity contribution in [2.24, 2.45) is 0 Å². The minimum Gasteiger partial charge on any atom is -0.496 e. The Morgan fingerprint density at radius 3 is 2.64 bits per heavy atom. The Balaban J connectivity index is 1.79. The fourth-order valence-electron chi connectivity index (χ4n) is 3.40. The maximum Gasteiger partial charge on any atom is 0.254 e. The number of para-hydroxylation sites is 1. The molecule has 1 atom stereocenters. The first-order chi connectivity index (χ1) is 13.7. The van der Waals surface area contributed by atoms with Crippen LogP contribution >= 0.6 is 0 Å². The van der Waals surface area contributed by atoms with E-state index in [9.17, 15) is 10.1 Å². The molecule has 0 unspecified atom stereocenters. The molecule has 5 nitrogen and oxygen atoms in total. The number of benzene rings is 3. The Labute approximate surface area is 162 Å². The number of nitriles is 1. The molecule has 0 bridgehead atoms. The molecule has 136 valence electrons. The summed E-state index contributed by atoms with van der Waals surface area (Å²) in [6.07, 6.45) is 1.66. The third-order valence-corrected chi connectivity index (χ3v) is 4.71. The Morgan fingerprint density at radius 1 is 1.07 bits per heavy atom. The lowest BCUT2D eigenvalue weighted by Gasteiger charge is -2.16. The van der Waals surface area contributed by atoms with Crippen molar-refractivity contribution in [3.63, 3.8) is 0 Å².